The minimum Gasteiger partial charge on any atom is -0.355 e. The van der Waals surface area contributed by atoms with Crippen LogP contribution in [0.5, 0.6) is 0 Å². The number of nitrogens with zero attached hydrogens (tertiary/aromatic N) is 4. The second-order valence-electron chi connectivity index (χ2n) is 6.15. The van der Waals surface area contributed by atoms with Gasteiger partial charge in [-0.15, -0.1) is 10.2 Å². The molecule has 24 heavy (non-hydrogen) atoms. The number of anilines is 1. The van der Waals surface area contributed by atoms with Gasteiger partial charge in [-0.05, 0) is 31.2 Å². The van der Waals surface area contributed by atoms with Crippen LogP contribution in [0.25, 0.3) is 11.4 Å². The zero-order valence-corrected chi connectivity index (χ0v) is 14.3. The minimum absolute atomic E-state index is 0.385. The van der Waals surface area contributed by atoms with E-state index in [0.717, 1.165) is 43.0 Å². The molecule has 4 rings (SSSR count). The standard InChI is InChI=1S/C17H19ClN4O2/c1-12-16(22-8-6-17(7-9-22)23-10-11-24-17)19-15(21-20-12)13-2-4-14(18)5-3-13/h2-5H,6-11H2,1H3. The van der Waals surface area contributed by atoms with Gasteiger partial charge in [-0.1, -0.05) is 11.6 Å². The SMILES string of the molecule is Cc1nnc(-c2ccc(Cl)cc2)nc1N1CCC2(CC1)OCCO2. The van der Waals surface area contributed by atoms with Crippen LogP contribution in [0.2, 0.25) is 5.02 Å². The maximum atomic E-state index is 5.95. The van der Waals surface area contributed by atoms with Crippen molar-refractivity contribution in [2.24, 2.45) is 0 Å². The number of aromatic nitrogens is 3. The van der Waals surface area contributed by atoms with E-state index in [-0.39, 0.29) is 5.79 Å². The van der Waals surface area contributed by atoms with Gasteiger partial charge in [-0.3, -0.25) is 0 Å². The minimum atomic E-state index is -0.385. The zero-order valence-electron chi connectivity index (χ0n) is 13.5. The summed E-state index contributed by atoms with van der Waals surface area (Å²) >= 11 is 5.95. The fourth-order valence-corrected chi connectivity index (χ4v) is 3.36. The Bertz CT molecular complexity index is 722. The second-order valence-corrected chi connectivity index (χ2v) is 6.58. The van der Waals surface area contributed by atoms with E-state index in [1.165, 1.54) is 0 Å². The third-order valence-electron chi connectivity index (χ3n) is 4.57. The number of piperidine rings is 1. The molecule has 126 valence electrons. The van der Waals surface area contributed by atoms with E-state index < -0.39 is 0 Å². The Morgan fingerprint density at radius 2 is 1.71 bits per heavy atom. The summed E-state index contributed by atoms with van der Waals surface area (Å²) in [5.74, 6) is 1.10. The Hall–Kier alpha value is -1.76. The molecule has 2 aliphatic heterocycles. The summed E-state index contributed by atoms with van der Waals surface area (Å²) < 4.78 is 11.6. The first-order valence-corrected chi connectivity index (χ1v) is 8.53. The lowest BCUT2D eigenvalue weighted by Crippen LogP contribution is -2.45. The highest BCUT2D eigenvalue weighted by atomic mass is 35.5. The van der Waals surface area contributed by atoms with Crippen LogP contribution in [0.1, 0.15) is 18.5 Å². The van der Waals surface area contributed by atoms with Gasteiger partial charge in [-0.25, -0.2) is 4.98 Å². The van der Waals surface area contributed by atoms with E-state index in [0.29, 0.717) is 24.1 Å². The van der Waals surface area contributed by atoms with Crippen LogP contribution in [0.15, 0.2) is 24.3 Å². The molecule has 0 N–H and O–H groups in total. The van der Waals surface area contributed by atoms with E-state index in [2.05, 4.69) is 15.1 Å². The van der Waals surface area contributed by atoms with Crippen LogP contribution < -0.4 is 4.90 Å². The van der Waals surface area contributed by atoms with E-state index in [1.807, 2.05) is 31.2 Å². The lowest BCUT2D eigenvalue weighted by Gasteiger charge is -2.38. The molecule has 0 unspecified atom stereocenters. The second kappa shape index (κ2) is 6.27. The van der Waals surface area contributed by atoms with Crippen molar-refractivity contribution in [3.8, 4) is 11.4 Å². The van der Waals surface area contributed by atoms with Gasteiger partial charge in [0, 0.05) is 36.5 Å². The predicted octanol–water partition coefficient (Wildman–Crippen LogP) is 2.84. The summed E-state index contributed by atoms with van der Waals surface area (Å²) in [5.41, 5.74) is 1.74. The van der Waals surface area contributed by atoms with Gasteiger partial charge < -0.3 is 14.4 Å². The largest absolute Gasteiger partial charge is 0.355 e. The molecular weight excluding hydrogens is 328 g/mol. The average molecular weight is 347 g/mol. The smallest absolute Gasteiger partial charge is 0.183 e. The van der Waals surface area contributed by atoms with Crippen molar-refractivity contribution in [3.05, 3.63) is 35.0 Å². The number of benzene rings is 1. The van der Waals surface area contributed by atoms with E-state index in [9.17, 15) is 0 Å². The lowest BCUT2D eigenvalue weighted by atomic mass is 10.0. The number of hydrogen-bond donors (Lipinski definition) is 0. The van der Waals surface area contributed by atoms with Gasteiger partial charge in [-0.2, -0.15) is 0 Å². The van der Waals surface area contributed by atoms with Gasteiger partial charge in [0.15, 0.2) is 17.4 Å². The van der Waals surface area contributed by atoms with Crippen LogP contribution in [0, 0.1) is 6.92 Å². The fraction of sp³-hybridized carbons (Fsp3) is 0.471. The topological polar surface area (TPSA) is 60.4 Å². The molecule has 1 aromatic heterocycles. The molecule has 0 radical (unpaired) electrons. The summed E-state index contributed by atoms with van der Waals surface area (Å²) in [5, 5.41) is 9.21. The molecule has 0 saturated carbocycles. The monoisotopic (exact) mass is 346 g/mol. The Kier molecular flexibility index (Phi) is 4.12. The van der Waals surface area contributed by atoms with Crippen molar-refractivity contribution in [2.45, 2.75) is 25.6 Å². The van der Waals surface area contributed by atoms with Gasteiger partial charge in [0.05, 0.1) is 13.2 Å². The normalized spacial score (nSPS) is 19.8. The van der Waals surface area contributed by atoms with E-state index in [1.54, 1.807) is 0 Å². The highest BCUT2D eigenvalue weighted by molar-refractivity contribution is 6.30. The highest BCUT2D eigenvalue weighted by Crippen LogP contribution is 2.33. The van der Waals surface area contributed by atoms with Crippen LogP contribution in [-0.4, -0.2) is 47.3 Å². The summed E-state index contributed by atoms with van der Waals surface area (Å²) in [7, 11) is 0. The number of rotatable bonds is 2. The molecule has 1 aromatic carbocycles. The Balaban J connectivity index is 1.57. The molecule has 2 fully saturated rings. The van der Waals surface area contributed by atoms with E-state index >= 15 is 0 Å². The first kappa shape index (κ1) is 15.7. The van der Waals surface area contributed by atoms with Crippen molar-refractivity contribution >= 4 is 17.4 Å². The third-order valence-corrected chi connectivity index (χ3v) is 4.82. The average Bonchev–Trinajstić information content (AvgIpc) is 3.05. The third kappa shape index (κ3) is 2.97. The molecule has 0 amide bonds. The van der Waals surface area contributed by atoms with Gasteiger partial charge >= 0.3 is 0 Å². The lowest BCUT2D eigenvalue weighted by molar-refractivity contribution is -0.169. The summed E-state index contributed by atoms with van der Waals surface area (Å²) in [6, 6.07) is 7.48. The molecule has 6 nitrogen and oxygen atoms in total. The van der Waals surface area contributed by atoms with Crippen LogP contribution in [0.4, 0.5) is 5.82 Å². The van der Waals surface area contributed by atoms with Crippen molar-refractivity contribution in [1.82, 2.24) is 15.2 Å². The van der Waals surface area contributed by atoms with Crippen molar-refractivity contribution in [3.63, 3.8) is 0 Å². The Morgan fingerprint density at radius 1 is 1.04 bits per heavy atom. The molecule has 0 aliphatic carbocycles. The molecule has 7 heteroatoms. The molecule has 0 bridgehead atoms. The molecule has 1 spiro atoms. The zero-order chi connectivity index (χ0) is 16.6. The molecule has 2 aromatic rings. The first-order valence-electron chi connectivity index (χ1n) is 8.15. The van der Waals surface area contributed by atoms with E-state index in [4.69, 9.17) is 26.1 Å². The number of aryl methyl sites for hydroxylation is 1. The van der Waals surface area contributed by atoms with Crippen molar-refractivity contribution in [2.75, 3.05) is 31.2 Å². The van der Waals surface area contributed by atoms with Crippen molar-refractivity contribution < 1.29 is 9.47 Å². The summed E-state index contributed by atoms with van der Waals surface area (Å²) in [6.07, 6.45) is 1.68. The fourth-order valence-electron chi connectivity index (χ4n) is 3.24. The number of ether oxygens (including phenoxy) is 2. The maximum Gasteiger partial charge on any atom is 0.183 e. The molecule has 2 aliphatic rings. The maximum absolute atomic E-state index is 5.95. The van der Waals surface area contributed by atoms with Crippen LogP contribution in [0.3, 0.4) is 0 Å². The highest BCUT2D eigenvalue weighted by Gasteiger charge is 2.40. The molecule has 0 atom stereocenters. The van der Waals surface area contributed by atoms with Crippen LogP contribution >= 0.6 is 11.6 Å². The number of hydrogen-bond acceptors (Lipinski definition) is 6. The first-order chi connectivity index (χ1) is 11.7. The molecular formula is C17H19ClN4O2. The predicted molar refractivity (Wildman–Crippen MR) is 91.1 cm³/mol. The quantitative estimate of drug-likeness (QED) is 0.833. The summed E-state index contributed by atoms with van der Waals surface area (Å²) in [4.78, 5) is 6.97. The van der Waals surface area contributed by atoms with Gasteiger partial charge in [0.25, 0.3) is 0 Å². The Morgan fingerprint density at radius 3 is 2.38 bits per heavy atom. The van der Waals surface area contributed by atoms with Crippen LogP contribution in [-0.2, 0) is 9.47 Å². The van der Waals surface area contributed by atoms with Gasteiger partial charge in [0.1, 0.15) is 5.69 Å². The van der Waals surface area contributed by atoms with Gasteiger partial charge in [0.2, 0.25) is 0 Å². The molecule has 3 heterocycles. The number of halogens is 1. The molecule has 2 saturated heterocycles. The van der Waals surface area contributed by atoms with Crippen molar-refractivity contribution in [1.29, 1.82) is 0 Å². The summed E-state index contributed by atoms with van der Waals surface area (Å²) in [6.45, 7) is 4.98. The Labute approximate surface area is 145 Å².